The van der Waals surface area contributed by atoms with Crippen molar-refractivity contribution in [2.75, 3.05) is 12.5 Å². The Bertz CT molecular complexity index is 707. The first-order chi connectivity index (χ1) is 9.65. The summed E-state index contributed by atoms with van der Waals surface area (Å²) >= 11 is 3.51. The third-order valence-electron chi connectivity index (χ3n) is 3.82. The number of halogens is 1. The van der Waals surface area contributed by atoms with Crippen LogP contribution in [-0.2, 0) is 7.05 Å². The molecule has 0 bridgehead atoms. The van der Waals surface area contributed by atoms with Gasteiger partial charge in [0.15, 0.2) is 11.5 Å². The van der Waals surface area contributed by atoms with Gasteiger partial charge in [-0.15, -0.1) is 0 Å². The molecule has 2 aliphatic rings. The number of benzene rings is 1. The predicted octanol–water partition coefficient (Wildman–Crippen LogP) is 3.04. The fourth-order valence-corrected chi connectivity index (χ4v) is 3.11. The first-order valence-corrected chi connectivity index (χ1v) is 7.36. The number of hydrogen-bond acceptors (Lipinski definition) is 4. The van der Waals surface area contributed by atoms with Crippen molar-refractivity contribution in [2.45, 2.75) is 18.8 Å². The van der Waals surface area contributed by atoms with E-state index in [4.69, 9.17) is 20.2 Å². The van der Waals surface area contributed by atoms with Gasteiger partial charge in [-0.2, -0.15) is 0 Å². The molecule has 1 aromatic carbocycles. The summed E-state index contributed by atoms with van der Waals surface area (Å²) < 4.78 is 13.7. The van der Waals surface area contributed by atoms with E-state index in [-0.39, 0.29) is 6.79 Å². The van der Waals surface area contributed by atoms with Gasteiger partial charge in [-0.3, -0.25) is 0 Å². The summed E-state index contributed by atoms with van der Waals surface area (Å²) in [5.74, 6) is 3.80. The highest BCUT2D eigenvalue weighted by molar-refractivity contribution is 9.10. The van der Waals surface area contributed by atoms with Crippen LogP contribution in [0.4, 0.5) is 5.82 Å². The number of nitrogen functional groups attached to an aromatic ring is 1. The zero-order chi connectivity index (χ0) is 13.9. The minimum absolute atomic E-state index is 0.252. The van der Waals surface area contributed by atoms with Crippen LogP contribution in [0.5, 0.6) is 11.5 Å². The average Bonchev–Trinajstić information content (AvgIpc) is 3.07. The van der Waals surface area contributed by atoms with Gasteiger partial charge in [0.05, 0.1) is 4.47 Å². The largest absolute Gasteiger partial charge is 0.454 e. The number of ether oxygens (including phenoxy) is 2. The van der Waals surface area contributed by atoms with Gasteiger partial charge in [-0.05, 0) is 40.9 Å². The molecular weight excluding hydrogens is 322 g/mol. The van der Waals surface area contributed by atoms with Gasteiger partial charge in [0, 0.05) is 18.5 Å². The molecule has 1 aliphatic heterocycles. The zero-order valence-corrected chi connectivity index (χ0v) is 12.6. The van der Waals surface area contributed by atoms with E-state index in [2.05, 4.69) is 15.9 Å². The average molecular weight is 336 g/mol. The third kappa shape index (κ3) is 1.71. The van der Waals surface area contributed by atoms with Crippen molar-refractivity contribution in [1.29, 1.82) is 0 Å². The fourth-order valence-electron chi connectivity index (χ4n) is 2.55. The summed E-state index contributed by atoms with van der Waals surface area (Å²) in [6.45, 7) is 0.252. The molecule has 20 heavy (non-hydrogen) atoms. The molecule has 1 fully saturated rings. The van der Waals surface area contributed by atoms with Crippen molar-refractivity contribution in [2.24, 2.45) is 7.05 Å². The number of nitrogens with zero attached hydrogens (tertiary/aromatic N) is 2. The number of fused-ring (bicyclic) bond motifs is 1. The van der Waals surface area contributed by atoms with Gasteiger partial charge in [-0.1, -0.05) is 0 Å². The Hall–Kier alpha value is -1.69. The second kappa shape index (κ2) is 4.15. The van der Waals surface area contributed by atoms with E-state index in [1.165, 1.54) is 12.8 Å². The number of anilines is 1. The molecule has 0 radical (unpaired) electrons. The first kappa shape index (κ1) is 12.1. The van der Waals surface area contributed by atoms with E-state index in [1.807, 2.05) is 23.7 Å². The maximum absolute atomic E-state index is 6.21. The quantitative estimate of drug-likeness (QED) is 0.916. The van der Waals surface area contributed by atoms with Gasteiger partial charge < -0.3 is 19.8 Å². The molecule has 104 valence electrons. The van der Waals surface area contributed by atoms with Crippen LogP contribution < -0.4 is 15.2 Å². The molecule has 5 nitrogen and oxygen atoms in total. The van der Waals surface area contributed by atoms with Crippen LogP contribution in [0, 0.1) is 0 Å². The van der Waals surface area contributed by atoms with E-state index in [0.29, 0.717) is 11.7 Å². The highest BCUT2D eigenvalue weighted by Crippen LogP contribution is 2.45. The van der Waals surface area contributed by atoms with Crippen LogP contribution in [0.15, 0.2) is 16.6 Å². The minimum Gasteiger partial charge on any atom is -0.454 e. The Kier molecular flexibility index (Phi) is 2.51. The van der Waals surface area contributed by atoms with Crippen LogP contribution in [0.3, 0.4) is 0 Å². The lowest BCUT2D eigenvalue weighted by Gasteiger charge is -2.04. The zero-order valence-electron chi connectivity index (χ0n) is 11.0. The van der Waals surface area contributed by atoms with Gasteiger partial charge in [0.2, 0.25) is 6.79 Å². The summed E-state index contributed by atoms with van der Waals surface area (Å²) in [6, 6.07) is 3.91. The molecule has 6 heteroatoms. The number of nitrogens with two attached hydrogens (primary N) is 1. The smallest absolute Gasteiger partial charge is 0.231 e. The van der Waals surface area contributed by atoms with Gasteiger partial charge in [0.1, 0.15) is 17.3 Å². The molecule has 4 rings (SSSR count). The standard InChI is InChI=1S/C14H14BrN3O2/c1-18-13(16)11(17-14(18)7-2-3-7)8-4-9(15)12-10(5-8)19-6-20-12/h4-5,7H,2-3,6,16H2,1H3. The summed E-state index contributed by atoms with van der Waals surface area (Å²) in [4.78, 5) is 4.73. The maximum atomic E-state index is 6.21. The predicted molar refractivity (Wildman–Crippen MR) is 78.9 cm³/mol. The van der Waals surface area contributed by atoms with Crippen LogP contribution >= 0.6 is 15.9 Å². The fraction of sp³-hybridized carbons (Fsp3) is 0.357. The normalized spacial score (nSPS) is 16.7. The topological polar surface area (TPSA) is 62.3 Å². The lowest BCUT2D eigenvalue weighted by molar-refractivity contribution is 0.173. The Balaban J connectivity index is 1.85. The number of hydrogen-bond donors (Lipinski definition) is 1. The molecule has 0 atom stereocenters. The molecule has 0 saturated heterocycles. The molecule has 1 saturated carbocycles. The van der Waals surface area contributed by atoms with Crippen LogP contribution in [-0.4, -0.2) is 16.3 Å². The maximum Gasteiger partial charge on any atom is 0.231 e. The molecule has 0 spiro atoms. The Morgan fingerprint density at radius 1 is 1.35 bits per heavy atom. The van der Waals surface area contributed by atoms with E-state index in [1.54, 1.807) is 0 Å². The van der Waals surface area contributed by atoms with Crippen LogP contribution in [0.2, 0.25) is 0 Å². The van der Waals surface area contributed by atoms with Crippen molar-refractivity contribution < 1.29 is 9.47 Å². The van der Waals surface area contributed by atoms with Crippen LogP contribution in [0.1, 0.15) is 24.6 Å². The molecule has 2 aromatic rings. The minimum atomic E-state index is 0.252. The van der Waals surface area contributed by atoms with Gasteiger partial charge >= 0.3 is 0 Å². The van der Waals surface area contributed by atoms with Gasteiger partial charge in [-0.25, -0.2) is 4.98 Å². The van der Waals surface area contributed by atoms with E-state index < -0.39 is 0 Å². The molecule has 2 N–H and O–H groups in total. The molecule has 1 aliphatic carbocycles. The number of imidazole rings is 1. The van der Waals surface area contributed by atoms with E-state index in [0.717, 1.165) is 33.1 Å². The lowest BCUT2D eigenvalue weighted by Crippen LogP contribution is -2.00. The van der Waals surface area contributed by atoms with Gasteiger partial charge in [0.25, 0.3) is 0 Å². The van der Waals surface area contributed by atoms with Crippen molar-refractivity contribution in [3.05, 3.63) is 22.4 Å². The second-order valence-corrected chi connectivity index (χ2v) is 6.08. The highest BCUT2D eigenvalue weighted by atomic mass is 79.9. The van der Waals surface area contributed by atoms with E-state index in [9.17, 15) is 0 Å². The van der Waals surface area contributed by atoms with Crippen molar-refractivity contribution in [3.63, 3.8) is 0 Å². The molecule has 2 heterocycles. The molecular formula is C14H14BrN3O2. The van der Waals surface area contributed by atoms with Crippen LogP contribution in [0.25, 0.3) is 11.3 Å². The Labute approximate surface area is 124 Å². The Morgan fingerprint density at radius 2 is 2.15 bits per heavy atom. The monoisotopic (exact) mass is 335 g/mol. The lowest BCUT2D eigenvalue weighted by atomic mass is 10.1. The molecule has 0 unspecified atom stereocenters. The van der Waals surface area contributed by atoms with Crippen molar-refractivity contribution in [3.8, 4) is 22.8 Å². The summed E-state index contributed by atoms with van der Waals surface area (Å²) in [5.41, 5.74) is 7.97. The second-order valence-electron chi connectivity index (χ2n) is 5.23. The number of rotatable bonds is 2. The Morgan fingerprint density at radius 3 is 2.90 bits per heavy atom. The summed E-state index contributed by atoms with van der Waals surface area (Å²) in [7, 11) is 1.97. The molecule has 0 amide bonds. The summed E-state index contributed by atoms with van der Waals surface area (Å²) in [6.07, 6.45) is 2.41. The van der Waals surface area contributed by atoms with E-state index >= 15 is 0 Å². The first-order valence-electron chi connectivity index (χ1n) is 6.56. The summed E-state index contributed by atoms with van der Waals surface area (Å²) in [5, 5.41) is 0. The van der Waals surface area contributed by atoms with Crippen molar-refractivity contribution >= 4 is 21.7 Å². The number of aromatic nitrogens is 2. The third-order valence-corrected chi connectivity index (χ3v) is 4.41. The molecule has 1 aromatic heterocycles. The van der Waals surface area contributed by atoms with Crippen molar-refractivity contribution in [1.82, 2.24) is 9.55 Å². The highest BCUT2D eigenvalue weighted by Gasteiger charge is 2.30. The SMILES string of the molecule is Cn1c(C2CC2)nc(-c2cc(Br)c3c(c2)OCO3)c1N.